The van der Waals surface area contributed by atoms with Crippen LogP contribution < -0.4 is 5.32 Å². The molecule has 0 fully saturated rings. The van der Waals surface area contributed by atoms with Crippen molar-refractivity contribution in [3.05, 3.63) is 16.4 Å². The summed E-state index contributed by atoms with van der Waals surface area (Å²) in [6.07, 6.45) is -0.214. The van der Waals surface area contributed by atoms with Crippen molar-refractivity contribution in [1.29, 1.82) is 0 Å². The molecule has 3 N–H and O–H groups in total. The maximum absolute atomic E-state index is 11.7. The molecule has 0 radical (unpaired) electrons. The number of carbonyl (C=O) groups is 3. The van der Waals surface area contributed by atoms with E-state index >= 15 is 0 Å². The molecule has 0 bridgehead atoms. The SMILES string of the molecule is CC(C)(C)OC(=O)NCCCOC(=O)c1[nH]nc(C(=O)O)c1Cl. The second-order valence-electron chi connectivity index (χ2n) is 5.48. The minimum Gasteiger partial charge on any atom is -0.476 e. The third kappa shape index (κ3) is 6.15. The highest BCUT2D eigenvalue weighted by Gasteiger charge is 2.22. The molecule has 0 aliphatic carbocycles. The Balaban J connectivity index is 2.33. The Hall–Kier alpha value is -2.29. The molecule has 1 amide bonds. The molecule has 23 heavy (non-hydrogen) atoms. The summed E-state index contributed by atoms with van der Waals surface area (Å²) < 4.78 is 9.94. The van der Waals surface area contributed by atoms with Crippen LogP contribution in [0.1, 0.15) is 48.2 Å². The number of hydrogen-bond acceptors (Lipinski definition) is 6. The molecule has 0 saturated carbocycles. The zero-order valence-electron chi connectivity index (χ0n) is 12.9. The topological polar surface area (TPSA) is 131 Å². The van der Waals surface area contributed by atoms with Gasteiger partial charge in [-0.2, -0.15) is 5.10 Å². The lowest BCUT2D eigenvalue weighted by Crippen LogP contribution is -2.33. The Morgan fingerprint density at radius 1 is 1.35 bits per heavy atom. The number of alkyl carbamates (subject to hydrolysis) is 1. The Bertz CT molecular complexity index is 593. The Labute approximate surface area is 137 Å². The second kappa shape index (κ2) is 7.82. The predicted octanol–water partition coefficient (Wildman–Crippen LogP) is 1.83. The summed E-state index contributed by atoms with van der Waals surface area (Å²) in [5.41, 5.74) is -1.27. The van der Waals surface area contributed by atoms with Crippen LogP contribution in [0.25, 0.3) is 0 Å². The molecule has 1 heterocycles. The molecular weight excluding hydrogens is 330 g/mol. The van der Waals surface area contributed by atoms with E-state index < -0.39 is 29.3 Å². The van der Waals surface area contributed by atoms with Gasteiger partial charge in [0.25, 0.3) is 0 Å². The molecule has 1 aromatic heterocycles. The fourth-order valence-electron chi connectivity index (χ4n) is 1.42. The molecule has 0 unspecified atom stereocenters. The first kappa shape index (κ1) is 18.8. The van der Waals surface area contributed by atoms with E-state index in [-0.39, 0.29) is 23.9 Å². The van der Waals surface area contributed by atoms with Crippen LogP contribution in [0.3, 0.4) is 0 Å². The normalized spacial score (nSPS) is 11.0. The van der Waals surface area contributed by atoms with E-state index in [1.165, 1.54) is 0 Å². The third-order valence-electron chi connectivity index (χ3n) is 2.34. The van der Waals surface area contributed by atoms with E-state index in [4.69, 9.17) is 26.2 Å². The number of H-pyrrole nitrogens is 1. The van der Waals surface area contributed by atoms with Crippen LogP contribution in [-0.4, -0.2) is 52.1 Å². The molecule has 0 spiro atoms. The number of aromatic amines is 1. The quantitative estimate of drug-likeness (QED) is 0.528. The average Bonchev–Trinajstić information content (AvgIpc) is 2.78. The fraction of sp³-hybridized carbons (Fsp3) is 0.538. The number of carboxylic acids is 1. The summed E-state index contributed by atoms with van der Waals surface area (Å²) in [5.74, 6) is -2.18. The number of carbonyl (C=O) groups excluding carboxylic acids is 2. The van der Waals surface area contributed by atoms with Gasteiger partial charge in [0, 0.05) is 6.54 Å². The number of amides is 1. The molecule has 9 nitrogen and oxygen atoms in total. The molecule has 1 aromatic rings. The highest BCUT2D eigenvalue weighted by molar-refractivity contribution is 6.35. The Morgan fingerprint density at radius 3 is 2.52 bits per heavy atom. The van der Waals surface area contributed by atoms with Crippen molar-refractivity contribution >= 4 is 29.6 Å². The Kier molecular flexibility index (Phi) is 6.38. The summed E-state index contributed by atoms with van der Waals surface area (Å²) >= 11 is 5.71. The van der Waals surface area contributed by atoms with E-state index in [2.05, 4.69) is 15.5 Å². The number of aromatic carboxylic acids is 1. The van der Waals surface area contributed by atoms with Crippen LogP contribution in [0.2, 0.25) is 5.02 Å². The van der Waals surface area contributed by atoms with E-state index in [1.54, 1.807) is 20.8 Å². The number of halogens is 1. The van der Waals surface area contributed by atoms with Gasteiger partial charge < -0.3 is 19.9 Å². The Morgan fingerprint density at radius 2 is 2.00 bits per heavy atom. The van der Waals surface area contributed by atoms with Gasteiger partial charge in [-0.1, -0.05) is 11.6 Å². The van der Waals surface area contributed by atoms with Crippen molar-refractivity contribution in [1.82, 2.24) is 15.5 Å². The molecule has 0 saturated heterocycles. The monoisotopic (exact) mass is 347 g/mol. The number of carboxylic acid groups (broad SMARTS) is 1. The van der Waals surface area contributed by atoms with Gasteiger partial charge in [0.15, 0.2) is 11.4 Å². The van der Waals surface area contributed by atoms with Gasteiger partial charge in [0.2, 0.25) is 0 Å². The van der Waals surface area contributed by atoms with Gasteiger partial charge in [-0.15, -0.1) is 0 Å². The average molecular weight is 348 g/mol. The number of hydrogen-bond donors (Lipinski definition) is 3. The maximum atomic E-state index is 11.7. The van der Waals surface area contributed by atoms with E-state index in [0.717, 1.165) is 0 Å². The van der Waals surface area contributed by atoms with Crippen LogP contribution in [0.15, 0.2) is 0 Å². The predicted molar refractivity (Wildman–Crippen MR) is 79.7 cm³/mol. The summed E-state index contributed by atoms with van der Waals surface area (Å²) in [7, 11) is 0. The lowest BCUT2D eigenvalue weighted by Gasteiger charge is -2.19. The third-order valence-corrected chi connectivity index (χ3v) is 2.70. The lowest BCUT2D eigenvalue weighted by molar-refractivity contribution is 0.0477. The number of esters is 1. The largest absolute Gasteiger partial charge is 0.476 e. The van der Waals surface area contributed by atoms with Gasteiger partial charge >= 0.3 is 18.0 Å². The van der Waals surface area contributed by atoms with E-state index in [1.807, 2.05) is 0 Å². The van der Waals surface area contributed by atoms with Crippen molar-refractivity contribution < 1.29 is 29.0 Å². The fourth-order valence-corrected chi connectivity index (χ4v) is 1.66. The van der Waals surface area contributed by atoms with E-state index in [9.17, 15) is 14.4 Å². The minimum atomic E-state index is -1.35. The highest BCUT2D eigenvalue weighted by Crippen LogP contribution is 2.19. The van der Waals surface area contributed by atoms with Gasteiger partial charge in [-0.3, -0.25) is 5.10 Å². The molecule has 0 aliphatic heterocycles. The number of ether oxygens (including phenoxy) is 2. The second-order valence-corrected chi connectivity index (χ2v) is 5.86. The number of nitrogens with one attached hydrogen (secondary N) is 2. The highest BCUT2D eigenvalue weighted by atomic mass is 35.5. The zero-order valence-corrected chi connectivity index (χ0v) is 13.7. The molecular formula is C13H18ClN3O6. The summed E-state index contributed by atoms with van der Waals surface area (Å²) in [6, 6.07) is 0. The first-order valence-electron chi connectivity index (χ1n) is 6.73. The van der Waals surface area contributed by atoms with Crippen LogP contribution in [0.5, 0.6) is 0 Å². The summed E-state index contributed by atoms with van der Waals surface area (Å²) in [6.45, 7) is 5.49. The van der Waals surface area contributed by atoms with Crippen molar-refractivity contribution in [2.75, 3.05) is 13.2 Å². The first-order valence-corrected chi connectivity index (χ1v) is 7.10. The van der Waals surface area contributed by atoms with Crippen molar-refractivity contribution in [3.8, 4) is 0 Å². The summed E-state index contributed by atoms with van der Waals surface area (Å²) in [4.78, 5) is 33.8. The molecule has 0 aliphatic rings. The van der Waals surface area contributed by atoms with Crippen LogP contribution >= 0.6 is 11.6 Å². The van der Waals surface area contributed by atoms with Crippen LogP contribution in [0, 0.1) is 0 Å². The van der Waals surface area contributed by atoms with Crippen molar-refractivity contribution in [2.24, 2.45) is 0 Å². The lowest BCUT2D eigenvalue weighted by atomic mass is 10.2. The molecule has 10 heteroatoms. The van der Waals surface area contributed by atoms with Crippen LogP contribution in [-0.2, 0) is 9.47 Å². The maximum Gasteiger partial charge on any atom is 0.407 e. The number of aromatic nitrogens is 2. The molecule has 128 valence electrons. The minimum absolute atomic E-state index is 0.00633. The number of rotatable bonds is 6. The van der Waals surface area contributed by atoms with Gasteiger partial charge in [0.1, 0.15) is 10.6 Å². The van der Waals surface area contributed by atoms with Crippen LogP contribution in [0.4, 0.5) is 4.79 Å². The standard InChI is InChI=1S/C13H18ClN3O6/c1-13(2,3)23-12(21)15-5-4-6-22-11(20)9-7(14)8(10(18)19)16-17-9/h4-6H2,1-3H3,(H,15,21)(H,16,17)(H,18,19). The molecule has 0 atom stereocenters. The zero-order chi connectivity index (χ0) is 17.6. The van der Waals surface area contributed by atoms with Crippen molar-refractivity contribution in [2.45, 2.75) is 32.8 Å². The van der Waals surface area contributed by atoms with Gasteiger partial charge in [0.05, 0.1) is 6.61 Å². The van der Waals surface area contributed by atoms with E-state index in [0.29, 0.717) is 6.42 Å². The van der Waals surface area contributed by atoms with Gasteiger partial charge in [-0.05, 0) is 27.2 Å². The first-order chi connectivity index (χ1) is 10.6. The number of nitrogens with zero attached hydrogens (tertiary/aromatic N) is 1. The molecule has 0 aromatic carbocycles. The van der Waals surface area contributed by atoms with Crippen molar-refractivity contribution in [3.63, 3.8) is 0 Å². The summed E-state index contributed by atoms with van der Waals surface area (Å²) in [5, 5.41) is 16.6. The van der Waals surface area contributed by atoms with Gasteiger partial charge in [-0.25, -0.2) is 14.4 Å². The smallest absolute Gasteiger partial charge is 0.407 e. The molecule has 1 rings (SSSR count).